The summed E-state index contributed by atoms with van der Waals surface area (Å²) in [6.45, 7) is 11.2. The first kappa shape index (κ1) is 48.1. The molecular weight excluding hydrogens is 635 g/mol. The quantitative estimate of drug-likeness (QED) is 0.181. The van der Waals surface area contributed by atoms with Gasteiger partial charge in [-0.05, 0) is 89.1 Å². The lowest BCUT2D eigenvalue weighted by Crippen LogP contribution is -2.29. The van der Waals surface area contributed by atoms with Gasteiger partial charge in [-0.15, -0.1) is 11.3 Å². The SMILES string of the molecule is C.C.C.C.C.CC(C)C(=O)OC1CCCC1.CC(C)NS(=O)(=O)c1ccco1.CC(C)Oc1nc2ccccc2nc1-c1cccs1. The minimum absolute atomic E-state index is 0. The van der Waals surface area contributed by atoms with Crippen LogP contribution in [0.1, 0.15) is 104 Å². The topological polar surface area (TPSA) is 121 Å². The Bertz CT molecular complexity index is 1480. The third-order valence-corrected chi connectivity index (χ3v) is 8.27. The van der Waals surface area contributed by atoms with E-state index in [1.807, 2.05) is 69.5 Å². The molecule has 0 atom stereocenters. The minimum Gasteiger partial charge on any atom is -0.473 e. The van der Waals surface area contributed by atoms with Crippen LogP contribution in [0.5, 0.6) is 5.88 Å². The number of aromatic nitrogens is 2. The molecule has 3 aromatic heterocycles. The molecule has 9 nitrogen and oxygen atoms in total. The van der Waals surface area contributed by atoms with Crippen LogP contribution >= 0.6 is 11.3 Å². The van der Waals surface area contributed by atoms with E-state index in [4.69, 9.17) is 18.9 Å². The smallest absolute Gasteiger partial charge is 0.308 e. The maximum Gasteiger partial charge on any atom is 0.308 e. The van der Waals surface area contributed by atoms with Crippen molar-refractivity contribution in [2.24, 2.45) is 5.92 Å². The summed E-state index contributed by atoms with van der Waals surface area (Å²) >= 11 is 1.64. The van der Waals surface area contributed by atoms with Crippen LogP contribution in [-0.2, 0) is 19.6 Å². The molecule has 1 aromatic carbocycles. The van der Waals surface area contributed by atoms with Crippen LogP contribution in [0.3, 0.4) is 0 Å². The lowest BCUT2D eigenvalue weighted by atomic mass is 10.2. The molecule has 0 aliphatic heterocycles. The number of nitrogens with zero attached hydrogens (tertiary/aromatic N) is 2. The molecule has 0 radical (unpaired) electrons. The number of thiophene rings is 1. The number of ether oxygens (including phenoxy) is 2. The molecule has 11 heteroatoms. The van der Waals surface area contributed by atoms with E-state index in [-0.39, 0.29) is 72.4 Å². The molecule has 5 rings (SSSR count). The van der Waals surface area contributed by atoms with Gasteiger partial charge in [-0.1, -0.05) is 69.2 Å². The maximum atomic E-state index is 11.3. The van der Waals surface area contributed by atoms with E-state index < -0.39 is 10.0 Å². The molecule has 0 amide bonds. The van der Waals surface area contributed by atoms with Crippen LogP contribution in [0.15, 0.2) is 69.7 Å². The first-order chi connectivity index (χ1) is 20.0. The van der Waals surface area contributed by atoms with Crippen molar-refractivity contribution in [2.75, 3.05) is 0 Å². The predicted octanol–water partition coefficient (Wildman–Crippen LogP) is 10.4. The summed E-state index contributed by atoms with van der Waals surface area (Å²) in [4.78, 5) is 21.4. The molecule has 1 N–H and O–H groups in total. The van der Waals surface area contributed by atoms with Crippen molar-refractivity contribution >= 4 is 38.4 Å². The van der Waals surface area contributed by atoms with Gasteiger partial charge in [0, 0.05) is 6.04 Å². The molecule has 1 fully saturated rings. The Hall–Kier alpha value is -3.28. The minimum atomic E-state index is -3.43. The van der Waals surface area contributed by atoms with Gasteiger partial charge in [-0.3, -0.25) is 4.79 Å². The summed E-state index contributed by atoms with van der Waals surface area (Å²) in [6, 6.07) is 14.7. The van der Waals surface area contributed by atoms with Crippen molar-refractivity contribution < 1.29 is 27.1 Å². The molecule has 0 unspecified atom stereocenters. The van der Waals surface area contributed by atoms with E-state index in [2.05, 4.69) is 9.71 Å². The number of benzene rings is 1. The number of sulfonamides is 1. The Labute approximate surface area is 289 Å². The standard InChI is InChI=1S/C15H14N2OS.C9H16O2.C7H11NO3S.5CH4/c1-10(2)18-15-14(13-8-5-9-19-13)16-11-6-3-4-7-12(11)17-15;1-7(2)9(10)11-8-5-3-4-6-8;1-6(2)8-12(9,10)7-4-3-5-11-7;;;;;/h3-10H,1-2H3;7-8H,3-6H2,1-2H3;3-6,8H,1-2H3;5*1H4. The fourth-order valence-electron chi connectivity index (χ4n) is 3.95. The number of para-hydroxylation sites is 2. The van der Waals surface area contributed by atoms with Gasteiger partial charge in [-0.25, -0.2) is 23.1 Å². The highest BCUT2D eigenvalue weighted by Gasteiger charge is 2.20. The van der Waals surface area contributed by atoms with Crippen molar-refractivity contribution in [3.05, 3.63) is 60.2 Å². The zero-order valence-corrected chi connectivity index (χ0v) is 26.7. The summed E-state index contributed by atoms with van der Waals surface area (Å²) < 4.78 is 40.8. The highest BCUT2D eigenvalue weighted by molar-refractivity contribution is 7.89. The number of furan rings is 1. The molecule has 4 aromatic rings. The molecule has 3 heterocycles. The second kappa shape index (κ2) is 23.1. The van der Waals surface area contributed by atoms with Crippen molar-refractivity contribution in [2.45, 2.75) is 128 Å². The molecule has 0 saturated heterocycles. The van der Waals surface area contributed by atoms with Crippen molar-refractivity contribution in [3.63, 3.8) is 0 Å². The van der Waals surface area contributed by atoms with E-state index >= 15 is 0 Å². The second-order valence-electron chi connectivity index (χ2n) is 10.7. The van der Waals surface area contributed by atoms with Crippen LogP contribution in [0, 0.1) is 5.92 Å². The zero-order valence-electron chi connectivity index (χ0n) is 25.1. The van der Waals surface area contributed by atoms with Crippen LogP contribution in [0.4, 0.5) is 0 Å². The summed E-state index contributed by atoms with van der Waals surface area (Å²) in [6.07, 6.45) is 6.21. The predicted molar refractivity (Wildman–Crippen MR) is 200 cm³/mol. The van der Waals surface area contributed by atoms with Crippen molar-refractivity contribution in [1.29, 1.82) is 0 Å². The third kappa shape index (κ3) is 15.4. The monoisotopic (exact) mass is 695 g/mol. The van der Waals surface area contributed by atoms with E-state index in [0.29, 0.717) is 5.88 Å². The molecule has 47 heavy (non-hydrogen) atoms. The number of hydrogen-bond acceptors (Lipinski definition) is 9. The number of nitrogens with one attached hydrogen (secondary N) is 1. The van der Waals surface area contributed by atoms with Gasteiger partial charge >= 0.3 is 5.97 Å². The van der Waals surface area contributed by atoms with E-state index in [1.165, 1.54) is 31.2 Å². The second-order valence-corrected chi connectivity index (χ2v) is 13.3. The zero-order chi connectivity index (χ0) is 30.7. The average Bonchev–Trinajstić information content (AvgIpc) is 3.72. The van der Waals surface area contributed by atoms with E-state index in [9.17, 15) is 13.2 Å². The van der Waals surface area contributed by atoms with Gasteiger partial charge in [0.15, 0.2) is 0 Å². The Balaban J connectivity index is -0.000000615. The summed E-state index contributed by atoms with van der Waals surface area (Å²) in [5.41, 5.74) is 2.57. The number of esters is 1. The average molecular weight is 696 g/mol. The number of hydrogen-bond donors (Lipinski definition) is 1. The molecule has 1 aliphatic carbocycles. The van der Waals surface area contributed by atoms with Crippen molar-refractivity contribution in [3.8, 4) is 16.5 Å². The Morgan fingerprint density at radius 2 is 1.47 bits per heavy atom. The summed E-state index contributed by atoms with van der Waals surface area (Å²) in [7, 11) is -3.43. The highest BCUT2D eigenvalue weighted by Crippen LogP contribution is 2.32. The van der Waals surface area contributed by atoms with Crippen LogP contribution in [0.25, 0.3) is 21.6 Å². The Kier molecular flexibility index (Phi) is 23.7. The van der Waals surface area contributed by atoms with E-state index in [0.717, 1.165) is 34.4 Å². The van der Waals surface area contributed by atoms with Crippen molar-refractivity contribution in [1.82, 2.24) is 14.7 Å². The lowest BCUT2D eigenvalue weighted by molar-refractivity contribution is -0.152. The molecule has 0 bridgehead atoms. The summed E-state index contributed by atoms with van der Waals surface area (Å²) in [5.74, 6) is 0.587. The lowest BCUT2D eigenvalue weighted by Gasteiger charge is -2.12. The number of rotatable bonds is 8. The first-order valence-corrected chi connectivity index (χ1v) is 16.6. The van der Waals surface area contributed by atoms with Gasteiger partial charge in [0.25, 0.3) is 10.0 Å². The number of fused-ring (bicyclic) bond motifs is 1. The van der Waals surface area contributed by atoms with Gasteiger partial charge < -0.3 is 13.9 Å². The molecule has 1 aliphatic rings. The van der Waals surface area contributed by atoms with Gasteiger partial charge in [0.1, 0.15) is 11.8 Å². The molecule has 268 valence electrons. The molecular formula is C36H61N3O6S2. The van der Waals surface area contributed by atoms with Gasteiger partial charge in [0.05, 0.1) is 34.2 Å². The number of carbonyl (C=O) groups is 1. The maximum absolute atomic E-state index is 11.3. The molecule has 0 spiro atoms. The Morgan fingerprint density at radius 1 is 0.872 bits per heavy atom. The summed E-state index contributed by atoms with van der Waals surface area (Å²) in [5, 5.41) is 1.99. The normalized spacial score (nSPS) is 12.1. The van der Waals surface area contributed by atoms with Crippen LogP contribution in [-0.4, -0.2) is 42.6 Å². The fraction of sp³-hybridized carbons (Fsp3) is 0.528. The Morgan fingerprint density at radius 3 is 1.94 bits per heavy atom. The fourth-order valence-corrected chi connectivity index (χ4v) is 5.84. The number of carbonyl (C=O) groups excluding carboxylic acids is 1. The van der Waals surface area contributed by atoms with Gasteiger partial charge in [-0.2, -0.15) is 0 Å². The van der Waals surface area contributed by atoms with Crippen LogP contribution in [0.2, 0.25) is 0 Å². The first-order valence-electron chi connectivity index (χ1n) is 14.2. The highest BCUT2D eigenvalue weighted by atomic mass is 32.2. The third-order valence-electron chi connectivity index (χ3n) is 5.85. The largest absolute Gasteiger partial charge is 0.473 e. The van der Waals surface area contributed by atoms with Crippen LogP contribution < -0.4 is 9.46 Å². The van der Waals surface area contributed by atoms with E-state index in [1.54, 1.807) is 25.2 Å². The molecule has 1 saturated carbocycles. The van der Waals surface area contributed by atoms with Gasteiger partial charge in [0.2, 0.25) is 11.0 Å².